The van der Waals surface area contributed by atoms with E-state index in [1.807, 2.05) is 6.08 Å². The Balaban J connectivity index is 2.78. The third-order valence-electron chi connectivity index (χ3n) is 3.47. The molecule has 0 saturated carbocycles. The van der Waals surface area contributed by atoms with Gasteiger partial charge in [0.25, 0.3) is 0 Å². The Morgan fingerprint density at radius 2 is 2.18 bits per heavy atom. The van der Waals surface area contributed by atoms with Crippen LogP contribution < -0.4 is 0 Å². The predicted molar refractivity (Wildman–Crippen MR) is 70.8 cm³/mol. The molecule has 2 nitrogen and oxygen atoms in total. The summed E-state index contributed by atoms with van der Waals surface area (Å²) in [5.74, 6) is 0.00155. The minimum atomic E-state index is -0.554. The van der Waals surface area contributed by atoms with E-state index in [1.54, 1.807) is 13.0 Å². The van der Waals surface area contributed by atoms with Crippen LogP contribution in [0.4, 0.5) is 0 Å². The number of aliphatic hydroxyl groups is 1. The lowest BCUT2D eigenvalue weighted by molar-refractivity contribution is -0.116. The van der Waals surface area contributed by atoms with Crippen molar-refractivity contribution in [3.05, 3.63) is 23.3 Å². The zero-order valence-electron chi connectivity index (χ0n) is 11.4. The molecule has 2 heteroatoms. The van der Waals surface area contributed by atoms with E-state index in [0.29, 0.717) is 0 Å². The molecule has 0 aromatic carbocycles. The van der Waals surface area contributed by atoms with Gasteiger partial charge >= 0.3 is 0 Å². The zero-order valence-corrected chi connectivity index (χ0v) is 11.4. The molecule has 0 amide bonds. The van der Waals surface area contributed by atoms with Crippen molar-refractivity contribution >= 4 is 5.78 Å². The van der Waals surface area contributed by atoms with Gasteiger partial charge in [0.1, 0.15) is 0 Å². The van der Waals surface area contributed by atoms with Gasteiger partial charge in [0.05, 0.1) is 6.10 Å². The first kappa shape index (κ1) is 14.2. The monoisotopic (exact) mass is 236 g/mol. The fourth-order valence-corrected chi connectivity index (χ4v) is 2.55. The van der Waals surface area contributed by atoms with E-state index in [0.717, 1.165) is 6.42 Å². The molecule has 1 N–H and O–H groups in total. The Morgan fingerprint density at radius 3 is 2.71 bits per heavy atom. The first-order chi connectivity index (χ1) is 7.83. The molecule has 0 aromatic rings. The van der Waals surface area contributed by atoms with Crippen molar-refractivity contribution in [2.24, 2.45) is 5.41 Å². The number of allylic oxidation sites excluding steroid dienone is 4. The van der Waals surface area contributed by atoms with Gasteiger partial charge in [0.2, 0.25) is 0 Å². The third-order valence-corrected chi connectivity index (χ3v) is 3.47. The summed E-state index contributed by atoms with van der Waals surface area (Å²) in [6.45, 7) is 8.25. The van der Waals surface area contributed by atoms with Gasteiger partial charge in [0, 0.05) is 6.42 Å². The molecular weight excluding hydrogens is 212 g/mol. The highest BCUT2D eigenvalue weighted by atomic mass is 16.3. The number of ketones is 1. The SMILES string of the molecule is CC1=C(C=CC(=O)CC(C)O)C(C)(C)CCC1. The van der Waals surface area contributed by atoms with Crippen molar-refractivity contribution in [2.45, 2.75) is 59.5 Å². The normalized spacial score (nSPS) is 21.9. The highest BCUT2D eigenvalue weighted by Gasteiger charge is 2.26. The van der Waals surface area contributed by atoms with Gasteiger partial charge < -0.3 is 5.11 Å². The van der Waals surface area contributed by atoms with E-state index in [9.17, 15) is 4.79 Å². The van der Waals surface area contributed by atoms with E-state index in [-0.39, 0.29) is 17.6 Å². The van der Waals surface area contributed by atoms with Crippen molar-refractivity contribution in [1.29, 1.82) is 0 Å². The summed E-state index contributed by atoms with van der Waals surface area (Å²) in [7, 11) is 0. The predicted octanol–water partition coefficient (Wildman–Crippen LogP) is 3.41. The first-order valence-electron chi connectivity index (χ1n) is 6.42. The number of aliphatic hydroxyl groups excluding tert-OH is 1. The maximum Gasteiger partial charge on any atom is 0.158 e. The molecule has 0 fully saturated rings. The third kappa shape index (κ3) is 4.12. The number of rotatable bonds is 4. The minimum absolute atomic E-state index is 0.00155. The summed E-state index contributed by atoms with van der Waals surface area (Å²) in [5.41, 5.74) is 2.86. The van der Waals surface area contributed by atoms with Crippen molar-refractivity contribution < 1.29 is 9.90 Å². The van der Waals surface area contributed by atoms with Gasteiger partial charge in [-0.3, -0.25) is 4.79 Å². The number of hydrogen-bond donors (Lipinski definition) is 1. The summed E-state index contributed by atoms with van der Waals surface area (Å²) < 4.78 is 0. The lowest BCUT2D eigenvalue weighted by Crippen LogP contribution is -2.19. The molecule has 1 atom stereocenters. The Labute approximate surface area is 104 Å². The molecule has 17 heavy (non-hydrogen) atoms. The van der Waals surface area contributed by atoms with E-state index in [2.05, 4.69) is 20.8 Å². The van der Waals surface area contributed by atoms with Crippen LogP contribution in [0.3, 0.4) is 0 Å². The van der Waals surface area contributed by atoms with Gasteiger partial charge in [-0.1, -0.05) is 25.5 Å². The van der Waals surface area contributed by atoms with Crippen molar-refractivity contribution in [3.63, 3.8) is 0 Å². The van der Waals surface area contributed by atoms with E-state index in [1.165, 1.54) is 24.0 Å². The maximum absolute atomic E-state index is 11.5. The lowest BCUT2D eigenvalue weighted by Gasteiger charge is -2.32. The topological polar surface area (TPSA) is 37.3 Å². The van der Waals surface area contributed by atoms with Crippen LogP contribution in [-0.2, 0) is 4.79 Å². The van der Waals surface area contributed by atoms with Crippen LogP contribution in [0.25, 0.3) is 0 Å². The zero-order chi connectivity index (χ0) is 13.1. The van der Waals surface area contributed by atoms with E-state index < -0.39 is 6.10 Å². The second kappa shape index (κ2) is 5.63. The Morgan fingerprint density at radius 1 is 1.53 bits per heavy atom. The molecule has 0 radical (unpaired) electrons. The molecule has 1 unspecified atom stereocenters. The fraction of sp³-hybridized carbons (Fsp3) is 0.667. The second-order valence-electron chi connectivity index (χ2n) is 5.78. The molecule has 0 spiro atoms. The van der Waals surface area contributed by atoms with E-state index >= 15 is 0 Å². The van der Waals surface area contributed by atoms with Crippen molar-refractivity contribution in [3.8, 4) is 0 Å². The van der Waals surface area contributed by atoms with Crippen LogP contribution in [0, 0.1) is 5.41 Å². The summed E-state index contributed by atoms with van der Waals surface area (Å²) >= 11 is 0. The highest BCUT2D eigenvalue weighted by Crippen LogP contribution is 2.40. The molecule has 0 heterocycles. The summed E-state index contributed by atoms with van der Waals surface area (Å²) in [5, 5.41) is 9.15. The number of carbonyl (C=O) groups excluding carboxylic acids is 1. The van der Waals surface area contributed by atoms with E-state index in [4.69, 9.17) is 5.11 Å². The van der Waals surface area contributed by atoms with Crippen LogP contribution in [0.15, 0.2) is 23.3 Å². The lowest BCUT2D eigenvalue weighted by atomic mass is 9.72. The van der Waals surface area contributed by atoms with Crippen LogP contribution in [0.5, 0.6) is 0 Å². The van der Waals surface area contributed by atoms with Gasteiger partial charge in [-0.15, -0.1) is 0 Å². The molecule has 0 aliphatic heterocycles. The van der Waals surface area contributed by atoms with Crippen LogP contribution in [0.1, 0.15) is 53.4 Å². The largest absolute Gasteiger partial charge is 0.393 e. The molecule has 1 aliphatic rings. The smallest absolute Gasteiger partial charge is 0.158 e. The molecule has 0 aromatic heterocycles. The average Bonchev–Trinajstić information content (AvgIpc) is 2.14. The molecule has 0 saturated heterocycles. The summed E-state index contributed by atoms with van der Waals surface area (Å²) in [6, 6.07) is 0. The van der Waals surface area contributed by atoms with Gasteiger partial charge in [-0.2, -0.15) is 0 Å². The van der Waals surface area contributed by atoms with Crippen LogP contribution >= 0.6 is 0 Å². The van der Waals surface area contributed by atoms with Crippen molar-refractivity contribution in [2.75, 3.05) is 0 Å². The first-order valence-corrected chi connectivity index (χ1v) is 6.42. The molecule has 96 valence electrons. The van der Waals surface area contributed by atoms with Crippen molar-refractivity contribution in [1.82, 2.24) is 0 Å². The highest BCUT2D eigenvalue weighted by molar-refractivity contribution is 5.90. The number of hydrogen-bond acceptors (Lipinski definition) is 2. The molecule has 1 aliphatic carbocycles. The molecular formula is C15H24O2. The average molecular weight is 236 g/mol. The summed E-state index contributed by atoms with van der Waals surface area (Å²) in [4.78, 5) is 11.5. The Hall–Kier alpha value is -0.890. The maximum atomic E-state index is 11.5. The quantitative estimate of drug-likeness (QED) is 0.759. The summed E-state index contributed by atoms with van der Waals surface area (Å²) in [6.07, 6.45) is 6.78. The fourth-order valence-electron chi connectivity index (χ4n) is 2.55. The second-order valence-corrected chi connectivity index (χ2v) is 5.78. The van der Waals surface area contributed by atoms with Gasteiger partial charge in [-0.05, 0) is 50.2 Å². The Kier molecular flexibility index (Phi) is 4.70. The van der Waals surface area contributed by atoms with Crippen LogP contribution in [-0.4, -0.2) is 17.0 Å². The van der Waals surface area contributed by atoms with Crippen LogP contribution in [0.2, 0.25) is 0 Å². The van der Waals surface area contributed by atoms with Gasteiger partial charge in [-0.25, -0.2) is 0 Å². The van der Waals surface area contributed by atoms with Gasteiger partial charge in [0.15, 0.2) is 5.78 Å². The standard InChI is InChI=1S/C15H24O2/c1-11-6-5-9-15(3,4)14(11)8-7-13(17)10-12(2)16/h7-8,12,16H,5-6,9-10H2,1-4H3. The number of carbonyl (C=O) groups is 1. The molecule has 1 rings (SSSR count). The molecule has 0 bridgehead atoms. The minimum Gasteiger partial charge on any atom is -0.393 e. The Bertz CT molecular complexity index is 346.